The van der Waals surface area contributed by atoms with E-state index >= 15 is 0 Å². The van der Waals surface area contributed by atoms with Gasteiger partial charge < -0.3 is 4.74 Å². The number of hydrogen-bond donors (Lipinski definition) is 0. The second kappa shape index (κ2) is 5.04. The van der Waals surface area contributed by atoms with E-state index in [4.69, 9.17) is 4.74 Å². The number of rotatable bonds is 4. The monoisotopic (exact) mass is 192 g/mol. The molecule has 0 radical (unpaired) electrons. The van der Waals surface area contributed by atoms with E-state index in [1.807, 2.05) is 0 Å². The van der Waals surface area contributed by atoms with Gasteiger partial charge in [-0.15, -0.1) is 0 Å². The van der Waals surface area contributed by atoms with Crippen molar-refractivity contribution in [2.75, 3.05) is 7.11 Å². The Labute approximate surface area is 87.1 Å². The Hall–Kier alpha value is -0.980. The molecule has 0 fully saturated rings. The van der Waals surface area contributed by atoms with Gasteiger partial charge in [-0.2, -0.15) is 0 Å². The van der Waals surface area contributed by atoms with E-state index in [0.29, 0.717) is 5.92 Å². The topological polar surface area (TPSA) is 9.23 Å². The van der Waals surface area contributed by atoms with Crippen molar-refractivity contribution < 1.29 is 4.74 Å². The second-order valence-corrected chi connectivity index (χ2v) is 4.06. The fourth-order valence-corrected chi connectivity index (χ4v) is 1.78. The van der Waals surface area contributed by atoms with Crippen molar-refractivity contribution in [2.45, 2.75) is 33.6 Å². The van der Waals surface area contributed by atoms with Crippen LogP contribution in [0.5, 0.6) is 5.75 Å². The molecule has 0 bridgehead atoms. The second-order valence-electron chi connectivity index (χ2n) is 4.06. The van der Waals surface area contributed by atoms with E-state index in [-0.39, 0.29) is 0 Å². The van der Waals surface area contributed by atoms with Crippen molar-refractivity contribution in [1.29, 1.82) is 0 Å². The maximum Gasteiger partial charge on any atom is 0.125 e. The summed E-state index contributed by atoms with van der Waals surface area (Å²) < 4.78 is 5.47. The Morgan fingerprint density at radius 1 is 1.21 bits per heavy atom. The summed E-state index contributed by atoms with van der Waals surface area (Å²) in [6.07, 6.45) is 2.13. The maximum atomic E-state index is 5.47. The number of hydrogen-bond acceptors (Lipinski definition) is 1. The Morgan fingerprint density at radius 2 is 1.86 bits per heavy atom. The molecule has 0 N–H and O–H groups in total. The van der Waals surface area contributed by atoms with Crippen LogP contribution in [0, 0.1) is 5.92 Å². The summed E-state index contributed by atoms with van der Waals surface area (Å²) in [4.78, 5) is 0. The van der Waals surface area contributed by atoms with Crippen LogP contribution in [-0.2, 0) is 12.8 Å². The normalized spacial score (nSPS) is 10.6. The highest BCUT2D eigenvalue weighted by atomic mass is 16.5. The molecule has 0 heterocycles. The highest BCUT2D eigenvalue weighted by molar-refractivity contribution is 5.41. The molecule has 0 unspecified atom stereocenters. The van der Waals surface area contributed by atoms with E-state index in [2.05, 4.69) is 39.0 Å². The Bertz CT molecular complexity index is 289. The van der Waals surface area contributed by atoms with Crippen molar-refractivity contribution in [1.82, 2.24) is 0 Å². The summed E-state index contributed by atoms with van der Waals surface area (Å²) in [5.41, 5.74) is 2.65. The lowest BCUT2D eigenvalue weighted by molar-refractivity contribution is 0.402. The van der Waals surface area contributed by atoms with Gasteiger partial charge in [-0.3, -0.25) is 0 Å². The van der Waals surface area contributed by atoms with E-state index in [1.165, 1.54) is 11.1 Å². The average molecular weight is 192 g/mol. The number of para-hydroxylation sites is 1. The van der Waals surface area contributed by atoms with Gasteiger partial charge in [-0.05, 0) is 29.9 Å². The first-order valence-electron chi connectivity index (χ1n) is 5.33. The summed E-state index contributed by atoms with van der Waals surface area (Å²) in [5.74, 6) is 1.76. The van der Waals surface area contributed by atoms with Crippen molar-refractivity contribution in [2.24, 2.45) is 5.92 Å². The minimum atomic E-state index is 0.677. The Kier molecular flexibility index (Phi) is 3.99. The smallest absolute Gasteiger partial charge is 0.125 e. The molecule has 0 aliphatic heterocycles. The summed E-state index contributed by atoms with van der Waals surface area (Å²) >= 11 is 0. The third-order valence-corrected chi connectivity index (χ3v) is 2.39. The molecule has 0 spiro atoms. The summed E-state index contributed by atoms with van der Waals surface area (Å²) in [6.45, 7) is 6.63. The first-order chi connectivity index (χ1) is 6.69. The van der Waals surface area contributed by atoms with Gasteiger partial charge in [0.1, 0.15) is 5.75 Å². The number of ether oxygens (including phenoxy) is 1. The fourth-order valence-electron chi connectivity index (χ4n) is 1.78. The van der Waals surface area contributed by atoms with Crippen LogP contribution in [0.1, 0.15) is 31.9 Å². The zero-order chi connectivity index (χ0) is 10.6. The molecule has 1 nitrogen and oxygen atoms in total. The van der Waals surface area contributed by atoms with E-state index < -0.39 is 0 Å². The molecule has 0 saturated carbocycles. The van der Waals surface area contributed by atoms with Crippen LogP contribution >= 0.6 is 0 Å². The van der Waals surface area contributed by atoms with E-state index in [0.717, 1.165) is 18.6 Å². The SMILES string of the molecule is CCc1cccc(CC(C)C)c1OC. The van der Waals surface area contributed by atoms with Crippen LogP contribution in [0.4, 0.5) is 0 Å². The molecular formula is C13H20O. The lowest BCUT2D eigenvalue weighted by atomic mass is 9.99. The minimum Gasteiger partial charge on any atom is -0.496 e. The van der Waals surface area contributed by atoms with Gasteiger partial charge in [0.2, 0.25) is 0 Å². The third-order valence-electron chi connectivity index (χ3n) is 2.39. The first kappa shape index (κ1) is 11.1. The first-order valence-corrected chi connectivity index (χ1v) is 5.33. The fraction of sp³-hybridized carbons (Fsp3) is 0.538. The van der Waals surface area contributed by atoms with Crippen LogP contribution in [0.15, 0.2) is 18.2 Å². The van der Waals surface area contributed by atoms with Crippen LogP contribution in [0.2, 0.25) is 0 Å². The van der Waals surface area contributed by atoms with E-state index in [1.54, 1.807) is 7.11 Å². The maximum absolute atomic E-state index is 5.47. The zero-order valence-electron chi connectivity index (χ0n) is 9.63. The number of methoxy groups -OCH3 is 1. The number of benzene rings is 1. The summed E-state index contributed by atoms with van der Waals surface area (Å²) in [7, 11) is 1.76. The molecule has 1 rings (SSSR count). The van der Waals surface area contributed by atoms with Crippen molar-refractivity contribution >= 4 is 0 Å². The van der Waals surface area contributed by atoms with Crippen LogP contribution in [-0.4, -0.2) is 7.11 Å². The van der Waals surface area contributed by atoms with Crippen molar-refractivity contribution in [3.63, 3.8) is 0 Å². The number of aryl methyl sites for hydroxylation is 1. The zero-order valence-corrected chi connectivity index (χ0v) is 9.63. The van der Waals surface area contributed by atoms with Gasteiger partial charge in [-0.1, -0.05) is 39.0 Å². The van der Waals surface area contributed by atoms with Gasteiger partial charge in [0.15, 0.2) is 0 Å². The predicted molar refractivity (Wildman–Crippen MR) is 60.9 cm³/mol. The average Bonchev–Trinajstić information content (AvgIpc) is 2.16. The van der Waals surface area contributed by atoms with Crippen LogP contribution in [0.3, 0.4) is 0 Å². The molecule has 0 saturated heterocycles. The molecule has 1 aromatic carbocycles. The van der Waals surface area contributed by atoms with Crippen LogP contribution in [0.25, 0.3) is 0 Å². The van der Waals surface area contributed by atoms with Gasteiger partial charge in [-0.25, -0.2) is 0 Å². The molecule has 1 heteroatoms. The Balaban J connectivity index is 3.02. The molecule has 14 heavy (non-hydrogen) atoms. The van der Waals surface area contributed by atoms with Gasteiger partial charge in [0.05, 0.1) is 7.11 Å². The predicted octanol–water partition coefficient (Wildman–Crippen LogP) is 3.46. The highest BCUT2D eigenvalue weighted by Crippen LogP contribution is 2.26. The molecule has 0 amide bonds. The molecule has 1 aromatic rings. The van der Waals surface area contributed by atoms with Crippen molar-refractivity contribution in [3.8, 4) is 5.75 Å². The van der Waals surface area contributed by atoms with E-state index in [9.17, 15) is 0 Å². The minimum absolute atomic E-state index is 0.677. The summed E-state index contributed by atoms with van der Waals surface area (Å²) in [6, 6.07) is 6.43. The van der Waals surface area contributed by atoms with Gasteiger partial charge in [0, 0.05) is 0 Å². The van der Waals surface area contributed by atoms with Gasteiger partial charge >= 0.3 is 0 Å². The molecule has 78 valence electrons. The summed E-state index contributed by atoms with van der Waals surface area (Å²) in [5, 5.41) is 0. The van der Waals surface area contributed by atoms with Gasteiger partial charge in [0.25, 0.3) is 0 Å². The molecule has 0 aliphatic carbocycles. The third kappa shape index (κ3) is 2.50. The van der Waals surface area contributed by atoms with Crippen LogP contribution < -0.4 is 4.74 Å². The largest absolute Gasteiger partial charge is 0.496 e. The highest BCUT2D eigenvalue weighted by Gasteiger charge is 2.08. The quantitative estimate of drug-likeness (QED) is 0.710. The molecule has 0 aromatic heterocycles. The van der Waals surface area contributed by atoms with Crippen molar-refractivity contribution in [3.05, 3.63) is 29.3 Å². The molecular weight excluding hydrogens is 172 g/mol. The lowest BCUT2D eigenvalue weighted by Crippen LogP contribution is -2.00. The standard InChI is InChI=1S/C13H20O/c1-5-11-7-6-8-12(9-10(2)3)13(11)14-4/h6-8,10H,5,9H2,1-4H3. The lowest BCUT2D eigenvalue weighted by Gasteiger charge is -2.13. The Morgan fingerprint density at radius 3 is 2.36 bits per heavy atom. The molecule has 0 atom stereocenters. The molecule has 0 aliphatic rings.